The lowest BCUT2D eigenvalue weighted by atomic mass is 10.1. The molecule has 0 aliphatic heterocycles. The largest absolute Gasteiger partial charge is 0.368 e. The first-order chi connectivity index (χ1) is 12.7. The molecule has 0 aliphatic carbocycles. The number of aromatic nitrogens is 3. The summed E-state index contributed by atoms with van der Waals surface area (Å²) in [6.45, 7) is 5.79. The summed E-state index contributed by atoms with van der Waals surface area (Å²) in [5, 5.41) is 0. The molecule has 3 rings (SSSR count). The van der Waals surface area contributed by atoms with Crippen LogP contribution in [0.3, 0.4) is 0 Å². The summed E-state index contributed by atoms with van der Waals surface area (Å²) in [6, 6.07) is 8.52. The minimum absolute atomic E-state index is 0.110. The van der Waals surface area contributed by atoms with Gasteiger partial charge in [-0.3, -0.25) is 4.98 Å². The molecule has 0 saturated carbocycles. The number of hydrogen-bond donors (Lipinski definition) is 2. The zero-order chi connectivity index (χ0) is 19.6. The number of hydrogen-bond acceptors (Lipinski definition) is 5. The molecule has 27 heavy (non-hydrogen) atoms. The maximum absolute atomic E-state index is 14.7. The molecule has 0 fully saturated rings. The third kappa shape index (κ3) is 4.53. The summed E-state index contributed by atoms with van der Waals surface area (Å²) in [4.78, 5) is 12.5. The van der Waals surface area contributed by atoms with E-state index in [1.54, 1.807) is 24.4 Å². The van der Waals surface area contributed by atoms with Crippen molar-refractivity contribution < 1.29 is 8.60 Å². The molecule has 0 aliphatic rings. The Morgan fingerprint density at radius 1 is 1.04 bits per heavy atom. The van der Waals surface area contributed by atoms with Crippen LogP contribution >= 0.6 is 0 Å². The lowest BCUT2D eigenvalue weighted by Gasteiger charge is -2.20. The van der Waals surface area contributed by atoms with Crippen molar-refractivity contribution >= 4 is 16.9 Å². The van der Waals surface area contributed by atoms with Crippen LogP contribution in [0.2, 0.25) is 0 Å². The summed E-state index contributed by atoms with van der Waals surface area (Å²) in [5.41, 5.74) is 6.87. The highest BCUT2D eigenvalue weighted by Gasteiger charge is 2.19. The number of nitrogens with zero attached hydrogens (tertiary/aromatic N) is 3. The fourth-order valence-electron chi connectivity index (χ4n) is 2.46. The molecule has 0 saturated heterocycles. The number of rotatable bonds is 4. The molecule has 0 radical (unpaired) electrons. The Morgan fingerprint density at radius 2 is 1.67 bits per heavy atom. The molecule has 1 aromatic carbocycles. The fraction of sp³-hybridized carbons (Fsp3) is 0.211. The summed E-state index contributed by atoms with van der Waals surface area (Å²) >= 11 is 0. The van der Waals surface area contributed by atoms with E-state index in [1.165, 1.54) is 18.5 Å². The smallest absolute Gasteiger partial charge is 0.219 e. The Kier molecular flexibility index (Phi) is 5.29. The summed E-state index contributed by atoms with van der Waals surface area (Å²) < 4.78 is 30.4. The van der Waals surface area contributed by atoms with Crippen molar-refractivity contribution in [3.8, 4) is 22.4 Å². The van der Waals surface area contributed by atoms with Gasteiger partial charge in [0.1, 0.15) is 22.5 Å². The molecule has 0 spiro atoms. The number of nitrogen functional groups attached to an aromatic ring is 1. The number of pyridine rings is 1. The average Bonchev–Trinajstić information content (AvgIpc) is 2.61. The second-order valence-electron chi connectivity index (χ2n) is 7.00. The molecule has 0 bridgehead atoms. The van der Waals surface area contributed by atoms with Gasteiger partial charge >= 0.3 is 0 Å². The van der Waals surface area contributed by atoms with Gasteiger partial charge in [0.15, 0.2) is 0 Å². The van der Waals surface area contributed by atoms with Crippen LogP contribution in [0.5, 0.6) is 0 Å². The number of anilines is 1. The monoisotopic (exact) mass is 385 g/mol. The molecule has 1 unspecified atom stereocenters. The van der Waals surface area contributed by atoms with Crippen LogP contribution in [0.1, 0.15) is 20.8 Å². The Labute approximate surface area is 159 Å². The number of nitrogens with one attached hydrogen (secondary N) is 1. The lowest BCUT2D eigenvalue weighted by Crippen LogP contribution is -2.37. The van der Waals surface area contributed by atoms with Gasteiger partial charge in [-0.2, -0.15) is 0 Å². The van der Waals surface area contributed by atoms with Gasteiger partial charge in [0.25, 0.3) is 0 Å². The topological polar surface area (TPSA) is 93.8 Å². The second-order valence-corrected chi connectivity index (χ2v) is 8.18. The van der Waals surface area contributed by atoms with E-state index in [9.17, 15) is 8.60 Å². The molecule has 8 heteroatoms. The molecule has 2 aromatic heterocycles. The van der Waals surface area contributed by atoms with Crippen molar-refractivity contribution in [2.75, 3.05) is 5.73 Å². The number of nitrogens with two attached hydrogens (primary N) is 1. The van der Waals surface area contributed by atoms with Gasteiger partial charge in [-0.05, 0) is 32.9 Å². The Balaban J connectivity index is 1.99. The summed E-state index contributed by atoms with van der Waals surface area (Å²) in [7, 11) is -1.45. The zero-order valence-electron chi connectivity index (χ0n) is 15.2. The van der Waals surface area contributed by atoms with Crippen LogP contribution in [0.4, 0.5) is 10.3 Å². The van der Waals surface area contributed by atoms with Gasteiger partial charge in [-0.15, -0.1) is 0 Å². The highest BCUT2D eigenvalue weighted by molar-refractivity contribution is 7.83. The highest BCUT2D eigenvalue weighted by atomic mass is 32.2. The molecule has 3 aromatic rings. The molecular weight excluding hydrogens is 365 g/mol. The second kappa shape index (κ2) is 7.50. The quantitative estimate of drug-likeness (QED) is 0.718. The standard InChI is InChI=1S/C19H20FN5OS/c1-19(2,3)25-27(26)16-7-5-4-6-14(16)12-8-15(20)17(22-9-12)13-10-23-18(21)24-11-13/h4-11,25H,1-3H3,(H2,21,23,24). The highest BCUT2D eigenvalue weighted by Crippen LogP contribution is 2.29. The minimum Gasteiger partial charge on any atom is -0.368 e. The van der Waals surface area contributed by atoms with E-state index >= 15 is 0 Å². The molecule has 6 nitrogen and oxygen atoms in total. The number of benzene rings is 1. The molecule has 2 heterocycles. The van der Waals surface area contributed by atoms with Crippen LogP contribution in [0.25, 0.3) is 22.4 Å². The molecular formula is C19H20FN5OS. The molecule has 140 valence electrons. The van der Waals surface area contributed by atoms with Crippen LogP contribution in [0.15, 0.2) is 53.8 Å². The van der Waals surface area contributed by atoms with Crippen LogP contribution in [0, 0.1) is 5.82 Å². The van der Waals surface area contributed by atoms with Crippen molar-refractivity contribution in [2.45, 2.75) is 31.2 Å². The van der Waals surface area contributed by atoms with Crippen LogP contribution in [-0.4, -0.2) is 24.7 Å². The average molecular weight is 385 g/mol. The molecule has 3 N–H and O–H groups in total. The Hall–Kier alpha value is -2.71. The van der Waals surface area contributed by atoms with E-state index in [2.05, 4.69) is 19.7 Å². The van der Waals surface area contributed by atoms with E-state index in [0.717, 1.165) is 0 Å². The van der Waals surface area contributed by atoms with E-state index < -0.39 is 16.8 Å². The van der Waals surface area contributed by atoms with E-state index in [0.29, 0.717) is 21.6 Å². The third-order valence-corrected chi connectivity index (χ3v) is 5.14. The van der Waals surface area contributed by atoms with Crippen LogP contribution < -0.4 is 10.5 Å². The minimum atomic E-state index is -1.45. The zero-order valence-corrected chi connectivity index (χ0v) is 16.0. The lowest BCUT2D eigenvalue weighted by molar-refractivity contribution is 0.519. The predicted octanol–water partition coefficient (Wildman–Crippen LogP) is 3.34. The fourth-order valence-corrected chi connectivity index (χ4v) is 3.71. The van der Waals surface area contributed by atoms with Crippen molar-refractivity contribution in [2.24, 2.45) is 0 Å². The SMILES string of the molecule is CC(C)(C)NS(=O)c1ccccc1-c1cnc(-c2cnc(N)nc2)c(F)c1. The Bertz CT molecular complexity index is 986. The van der Waals surface area contributed by atoms with Gasteiger partial charge in [0, 0.05) is 40.8 Å². The van der Waals surface area contributed by atoms with Crippen LogP contribution in [-0.2, 0) is 11.0 Å². The first-order valence-corrected chi connectivity index (χ1v) is 9.42. The Morgan fingerprint density at radius 3 is 2.30 bits per heavy atom. The van der Waals surface area contributed by atoms with Crippen molar-refractivity contribution in [1.82, 2.24) is 19.7 Å². The maximum Gasteiger partial charge on any atom is 0.219 e. The maximum atomic E-state index is 14.7. The van der Waals surface area contributed by atoms with Gasteiger partial charge in [-0.25, -0.2) is 23.3 Å². The molecule has 0 amide bonds. The van der Waals surface area contributed by atoms with Gasteiger partial charge < -0.3 is 5.73 Å². The van der Waals surface area contributed by atoms with Gasteiger partial charge in [-0.1, -0.05) is 18.2 Å². The van der Waals surface area contributed by atoms with Crippen molar-refractivity contribution in [1.29, 1.82) is 0 Å². The predicted molar refractivity (Wildman–Crippen MR) is 104 cm³/mol. The first kappa shape index (κ1) is 19.1. The number of halogens is 1. The molecule has 1 atom stereocenters. The third-order valence-electron chi connectivity index (χ3n) is 3.58. The van der Waals surface area contributed by atoms with Gasteiger partial charge in [0.05, 0.1) is 4.90 Å². The first-order valence-electron chi connectivity index (χ1n) is 8.27. The van der Waals surface area contributed by atoms with E-state index in [1.807, 2.05) is 26.8 Å². The normalized spacial score (nSPS) is 12.7. The van der Waals surface area contributed by atoms with Crippen molar-refractivity contribution in [3.05, 3.63) is 54.7 Å². The van der Waals surface area contributed by atoms with Crippen molar-refractivity contribution in [3.63, 3.8) is 0 Å². The summed E-state index contributed by atoms with van der Waals surface area (Å²) in [5.74, 6) is -0.413. The van der Waals surface area contributed by atoms with Gasteiger partial charge in [0.2, 0.25) is 5.95 Å². The van der Waals surface area contributed by atoms with E-state index in [-0.39, 0.29) is 17.2 Å². The van der Waals surface area contributed by atoms with E-state index in [4.69, 9.17) is 5.73 Å². The summed E-state index contributed by atoms with van der Waals surface area (Å²) in [6.07, 6.45) is 4.38.